The molecule has 0 atom stereocenters. The van der Waals surface area contributed by atoms with E-state index in [2.05, 4.69) is 10.4 Å². The number of nitrogens with one attached hydrogen (secondary N) is 1. The van der Waals surface area contributed by atoms with Gasteiger partial charge in [0.15, 0.2) is 0 Å². The third-order valence-electron chi connectivity index (χ3n) is 5.46. The van der Waals surface area contributed by atoms with Crippen LogP contribution < -0.4 is 10.1 Å². The Bertz CT molecular complexity index is 1390. The van der Waals surface area contributed by atoms with E-state index in [1.54, 1.807) is 41.1 Å². The molecule has 35 heavy (non-hydrogen) atoms. The normalized spacial score (nSPS) is 10.9. The van der Waals surface area contributed by atoms with Crippen molar-refractivity contribution in [3.8, 4) is 5.75 Å². The number of amides is 1. The van der Waals surface area contributed by atoms with Crippen LogP contribution >= 0.6 is 34.8 Å². The first-order valence-corrected chi connectivity index (χ1v) is 11.8. The lowest BCUT2D eigenvalue weighted by Gasteiger charge is -2.10. The van der Waals surface area contributed by atoms with Gasteiger partial charge in [0.1, 0.15) is 18.2 Å². The van der Waals surface area contributed by atoms with Gasteiger partial charge < -0.3 is 10.1 Å². The second kappa shape index (κ2) is 10.7. The number of benzene rings is 3. The summed E-state index contributed by atoms with van der Waals surface area (Å²) in [7, 11) is 0. The molecule has 1 N–H and O–H groups in total. The molecule has 1 aromatic heterocycles. The van der Waals surface area contributed by atoms with E-state index in [1.165, 1.54) is 12.1 Å². The Labute approximate surface area is 217 Å². The molecule has 5 nitrogen and oxygen atoms in total. The van der Waals surface area contributed by atoms with E-state index in [-0.39, 0.29) is 5.91 Å². The van der Waals surface area contributed by atoms with Gasteiger partial charge in [-0.15, -0.1) is 0 Å². The summed E-state index contributed by atoms with van der Waals surface area (Å²) in [6, 6.07) is 16.4. The minimum atomic E-state index is -0.397. The molecule has 180 valence electrons. The van der Waals surface area contributed by atoms with Crippen molar-refractivity contribution in [3.05, 3.63) is 110 Å². The van der Waals surface area contributed by atoms with Gasteiger partial charge in [0, 0.05) is 15.6 Å². The van der Waals surface area contributed by atoms with E-state index in [0.29, 0.717) is 50.9 Å². The van der Waals surface area contributed by atoms with Crippen LogP contribution in [0.2, 0.25) is 15.1 Å². The van der Waals surface area contributed by atoms with E-state index in [9.17, 15) is 9.18 Å². The summed E-state index contributed by atoms with van der Waals surface area (Å²) in [4.78, 5) is 12.9. The van der Waals surface area contributed by atoms with Crippen molar-refractivity contribution in [3.63, 3.8) is 0 Å². The molecule has 0 bridgehead atoms. The van der Waals surface area contributed by atoms with Crippen LogP contribution in [-0.2, 0) is 13.2 Å². The summed E-state index contributed by atoms with van der Waals surface area (Å²) in [6.45, 7) is 4.32. The second-order valence-electron chi connectivity index (χ2n) is 7.95. The Balaban J connectivity index is 1.42. The zero-order valence-corrected chi connectivity index (χ0v) is 21.2. The van der Waals surface area contributed by atoms with Crippen molar-refractivity contribution >= 4 is 46.4 Å². The third-order valence-corrected chi connectivity index (χ3v) is 6.34. The lowest BCUT2D eigenvalue weighted by molar-refractivity contribution is 0.102. The number of aromatic nitrogens is 2. The van der Waals surface area contributed by atoms with Crippen LogP contribution in [0.4, 0.5) is 10.1 Å². The zero-order chi connectivity index (χ0) is 25.1. The van der Waals surface area contributed by atoms with Gasteiger partial charge in [-0.25, -0.2) is 4.39 Å². The first-order chi connectivity index (χ1) is 16.7. The summed E-state index contributed by atoms with van der Waals surface area (Å²) < 4.78 is 20.8. The maximum Gasteiger partial charge on any atom is 0.255 e. The highest BCUT2D eigenvalue weighted by Crippen LogP contribution is 2.28. The third kappa shape index (κ3) is 5.96. The topological polar surface area (TPSA) is 56.2 Å². The quantitative estimate of drug-likeness (QED) is 0.268. The summed E-state index contributed by atoms with van der Waals surface area (Å²) >= 11 is 18.2. The number of hydrogen-bond acceptors (Lipinski definition) is 3. The molecule has 4 rings (SSSR count). The number of rotatable bonds is 7. The second-order valence-corrected chi connectivity index (χ2v) is 9.20. The van der Waals surface area contributed by atoms with Crippen molar-refractivity contribution in [1.29, 1.82) is 0 Å². The number of halogens is 4. The lowest BCUT2D eigenvalue weighted by Crippen LogP contribution is -2.13. The number of hydrogen-bond donors (Lipinski definition) is 1. The lowest BCUT2D eigenvalue weighted by atomic mass is 10.1. The van der Waals surface area contributed by atoms with Gasteiger partial charge in [-0.1, -0.05) is 53.0 Å². The van der Waals surface area contributed by atoms with Crippen LogP contribution in [0.5, 0.6) is 5.75 Å². The maximum absolute atomic E-state index is 13.3. The molecular formula is C26H21Cl3FN3O2. The van der Waals surface area contributed by atoms with Crippen LogP contribution in [0, 0.1) is 19.7 Å². The predicted molar refractivity (Wildman–Crippen MR) is 137 cm³/mol. The molecule has 3 aromatic carbocycles. The highest BCUT2D eigenvalue weighted by Gasteiger charge is 2.16. The standard InChI is InChI=1S/C26H21Cl3FN3O2/c1-15-25(16(2)33(32-15)13-19-7-9-21(30)12-22(19)28)31-26(34)18-5-3-17(4-6-18)14-35-24-10-8-20(27)11-23(24)29/h3-12H,13-14H2,1-2H3,(H,31,34). The Morgan fingerprint density at radius 3 is 2.43 bits per heavy atom. The molecular weight excluding hydrogens is 512 g/mol. The minimum absolute atomic E-state index is 0.260. The van der Waals surface area contributed by atoms with E-state index in [0.717, 1.165) is 16.8 Å². The van der Waals surface area contributed by atoms with Crippen LogP contribution in [0.15, 0.2) is 60.7 Å². The number of carbonyl (C=O) groups is 1. The molecule has 0 fully saturated rings. The molecule has 0 saturated heterocycles. The monoisotopic (exact) mass is 531 g/mol. The van der Waals surface area contributed by atoms with E-state index in [1.807, 2.05) is 26.0 Å². The van der Waals surface area contributed by atoms with E-state index < -0.39 is 5.82 Å². The average molecular weight is 533 g/mol. The van der Waals surface area contributed by atoms with Crippen molar-refractivity contribution in [2.75, 3.05) is 5.32 Å². The maximum atomic E-state index is 13.3. The zero-order valence-electron chi connectivity index (χ0n) is 18.9. The molecule has 1 heterocycles. The summed E-state index contributed by atoms with van der Waals surface area (Å²) in [6.07, 6.45) is 0. The largest absolute Gasteiger partial charge is 0.487 e. The molecule has 0 radical (unpaired) electrons. The van der Waals surface area contributed by atoms with Gasteiger partial charge in [0.2, 0.25) is 0 Å². The first-order valence-electron chi connectivity index (χ1n) is 10.7. The fourth-order valence-corrected chi connectivity index (χ4v) is 4.22. The van der Waals surface area contributed by atoms with Crippen molar-refractivity contribution in [2.45, 2.75) is 27.0 Å². The Kier molecular flexibility index (Phi) is 7.65. The van der Waals surface area contributed by atoms with Crippen LogP contribution in [0.3, 0.4) is 0 Å². The molecule has 0 unspecified atom stereocenters. The highest BCUT2D eigenvalue weighted by atomic mass is 35.5. The van der Waals surface area contributed by atoms with Crippen LogP contribution in [0.1, 0.15) is 32.9 Å². The summed E-state index contributed by atoms with van der Waals surface area (Å²) in [5.74, 6) is -0.127. The Morgan fingerprint density at radius 1 is 1.00 bits per heavy atom. The molecule has 9 heteroatoms. The number of ether oxygens (including phenoxy) is 1. The molecule has 0 saturated carbocycles. The average Bonchev–Trinajstić information content (AvgIpc) is 3.08. The fraction of sp³-hybridized carbons (Fsp3) is 0.154. The first kappa shape index (κ1) is 25.0. The molecule has 0 spiro atoms. The van der Waals surface area contributed by atoms with Gasteiger partial charge in [-0.2, -0.15) is 5.10 Å². The van der Waals surface area contributed by atoms with Gasteiger partial charge in [0.25, 0.3) is 5.91 Å². The molecule has 4 aromatic rings. The van der Waals surface area contributed by atoms with Crippen molar-refractivity contribution in [2.24, 2.45) is 0 Å². The smallest absolute Gasteiger partial charge is 0.255 e. The van der Waals surface area contributed by atoms with Gasteiger partial charge in [0.05, 0.1) is 28.6 Å². The molecule has 0 aliphatic rings. The summed E-state index contributed by atoms with van der Waals surface area (Å²) in [5, 5.41) is 8.74. The van der Waals surface area contributed by atoms with Crippen molar-refractivity contribution < 1.29 is 13.9 Å². The van der Waals surface area contributed by atoms with Crippen LogP contribution in [0.25, 0.3) is 0 Å². The number of anilines is 1. The Hall–Kier alpha value is -3.06. The Morgan fingerprint density at radius 2 is 1.74 bits per heavy atom. The highest BCUT2D eigenvalue weighted by molar-refractivity contribution is 6.35. The molecule has 0 aliphatic heterocycles. The number of nitrogens with zero attached hydrogens (tertiary/aromatic N) is 2. The van der Waals surface area contributed by atoms with E-state index in [4.69, 9.17) is 39.5 Å². The number of aryl methyl sites for hydroxylation is 1. The molecule has 0 aliphatic carbocycles. The summed E-state index contributed by atoms with van der Waals surface area (Å²) in [5.41, 5.74) is 4.16. The van der Waals surface area contributed by atoms with Crippen molar-refractivity contribution in [1.82, 2.24) is 9.78 Å². The van der Waals surface area contributed by atoms with Crippen LogP contribution in [-0.4, -0.2) is 15.7 Å². The number of carbonyl (C=O) groups excluding carboxylic acids is 1. The van der Waals surface area contributed by atoms with Gasteiger partial charge >= 0.3 is 0 Å². The fourth-order valence-electron chi connectivity index (χ4n) is 3.53. The predicted octanol–water partition coefficient (Wildman–Crippen LogP) is 7.48. The molecule has 1 amide bonds. The van der Waals surface area contributed by atoms with Gasteiger partial charge in [-0.3, -0.25) is 9.48 Å². The minimum Gasteiger partial charge on any atom is -0.487 e. The SMILES string of the molecule is Cc1nn(Cc2ccc(F)cc2Cl)c(C)c1NC(=O)c1ccc(COc2ccc(Cl)cc2Cl)cc1. The van der Waals surface area contributed by atoms with Gasteiger partial charge in [-0.05, 0) is 67.4 Å². The van der Waals surface area contributed by atoms with E-state index >= 15 is 0 Å².